The number of carbonyl (C=O) groups excluding carboxylic acids is 1. The van der Waals surface area contributed by atoms with Gasteiger partial charge in [0, 0.05) is 55.5 Å². The lowest BCUT2D eigenvalue weighted by Gasteiger charge is -2.21. The van der Waals surface area contributed by atoms with Crippen LogP contribution in [0.2, 0.25) is 0 Å². The van der Waals surface area contributed by atoms with Crippen LogP contribution in [0.3, 0.4) is 0 Å². The van der Waals surface area contributed by atoms with Crippen LogP contribution in [-0.2, 0) is 24.2 Å². The molecule has 140 valence electrons. The summed E-state index contributed by atoms with van der Waals surface area (Å²) in [4.78, 5) is 14.5. The lowest BCUT2D eigenvalue weighted by Crippen LogP contribution is -2.31. The zero-order valence-corrected chi connectivity index (χ0v) is 15.0. The molecule has 0 N–H and O–H groups in total. The van der Waals surface area contributed by atoms with E-state index in [4.69, 9.17) is 4.74 Å². The van der Waals surface area contributed by atoms with Crippen molar-refractivity contribution in [1.82, 2.24) is 9.47 Å². The quantitative estimate of drug-likeness (QED) is 0.701. The number of hydrogen-bond acceptors (Lipinski definition) is 2. The summed E-state index contributed by atoms with van der Waals surface area (Å²) < 4.78 is 34.4. The number of aromatic nitrogens is 1. The van der Waals surface area contributed by atoms with Gasteiger partial charge in [-0.15, -0.1) is 0 Å². The van der Waals surface area contributed by atoms with Gasteiger partial charge in [-0.3, -0.25) is 4.79 Å². The Balaban J connectivity index is 1.67. The average Bonchev–Trinajstić information content (AvgIpc) is 2.89. The van der Waals surface area contributed by atoms with Crippen molar-refractivity contribution >= 4 is 16.8 Å². The topological polar surface area (TPSA) is 34.5 Å². The number of methoxy groups -OCH3 is 1. The first-order chi connectivity index (χ1) is 13.1. The van der Waals surface area contributed by atoms with Crippen LogP contribution in [0.15, 0.2) is 42.6 Å². The first-order valence-electron chi connectivity index (χ1n) is 8.90. The van der Waals surface area contributed by atoms with Gasteiger partial charge in [-0.1, -0.05) is 12.1 Å². The zero-order chi connectivity index (χ0) is 19.0. The summed E-state index contributed by atoms with van der Waals surface area (Å²) >= 11 is 0. The van der Waals surface area contributed by atoms with E-state index in [-0.39, 0.29) is 11.5 Å². The Bertz CT molecular complexity index is 993. The Morgan fingerprint density at radius 3 is 2.67 bits per heavy atom. The number of benzene rings is 2. The van der Waals surface area contributed by atoms with E-state index < -0.39 is 11.6 Å². The monoisotopic (exact) mass is 370 g/mol. The largest absolute Gasteiger partial charge is 0.383 e. The number of amides is 1. The molecule has 2 heterocycles. The summed E-state index contributed by atoms with van der Waals surface area (Å²) in [6.07, 6.45) is 2.81. The number of nitrogens with zero attached hydrogens (tertiary/aromatic N) is 2. The molecular formula is C21H20F2N2O2. The predicted molar refractivity (Wildman–Crippen MR) is 98.6 cm³/mol. The second kappa shape index (κ2) is 7.12. The van der Waals surface area contributed by atoms with Crippen LogP contribution in [0.4, 0.5) is 8.78 Å². The summed E-state index contributed by atoms with van der Waals surface area (Å²) in [5.74, 6) is -1.85. The third-order valence-electron chi connectivity index (χ3n) is 5.02. The molecule has 1 aliphatic rings. The number of hydrogen-bond donors (Lipinski definition) is 0. The molecule has 6 heteroatoms. The Kier molecular flexibility index (Phi) is 4.66. The smallest absolute Gasteiger partial charge is 0.254 e. The van der Waals surface area contributed by atoms with Crippen molar-refractivity contribution in [1.29, 1.82) is 0 Å². The van der Waals surface area contributed by atoms with Gasteiger partial charge >= 0.3 is 0 Å². The number of halogens is 2. The van der Waals surface area contributed by atoms with Crippen LogP contribution >= 0.6 is 0 Å². The fraction of sp³-hybridized carbons (Fsp3) is 0.286. The molecular weight excluding hydrogens is 350 g/mol. The van der Waals surface area contributed by atoms with Crippen molar-refractivity contribution in [2.75, 3.05) is 20.3 Å². The van der Waals surface area contributed by atoms with Gasteiger partial charge in [0.25, 0.3) is 5.91 Å². The molecule has 1 amide bonds. The summed E-state index contributed by atoms with van der Waals surface area (Å²) in [6, 6.07) is 8.99. The lowest BCUT2D eigenvalue weighted by atomic mass is 10.1. The highest BCUT2D eigenvalue weighted by molar-refractivity contribution is 5.95. The summed E-state index contributed by atoms with van der Waals surface area (Å²) in [5.41, 5.74) is 3.38. The van der Waals surface area contributed by atoms with Crippen molar-refractivity contribution in [3.63, 3.8) is 0 Å². The number of ether oxygens (including phenoxy) is 1. The van der Waals surface area contributed by atoms with Crippen LogP contribution < -0.4 is 0 Å². The van der Waals surface area contributed by atoms with Gasteiger partial charge in [0.1, 0.15) is 11.6 Å². The van der Waals surface area contributed by atoms with Crippen molar-refractivity contribution < 1.29 is 18.3 Å². The molecule has 0 atom stereocenters. The number of rotatable bonds is 4. The summed E-state index contributed by atoms with van der Waals surface area (Å²) in [7, 11) is 1.68. The van der Waals surface area contributed by atoms with Gasteiger partial charge in [-0.25, -0.2) is 8.78 Å². The molecule has 0 unspecified atom stereocenters. The van der Waals surface area contributed by atoms with Gasteiger partial charge < -0.3 is 14.2 Å². The molecule has 0 radical (unpaired) electrons. The van der Waals surface area contributed by atoms with Crippen LogP contribution in [0, 0.1) is 11.6 Å². The molecule has 0 spiro atoms. The van der Waals surface area contributed by atoms with Crippen molar-refractivity contribution in [2.24, 2.45) is 0 Å². The minimum absolute atomic E-state index is 0.0383. The van der Waals surface area contributed by atoms with Crippen LogP contribution in [0.25, 0.3) is 10.9 Å². The fourth-order valence-corrected chi connectivity index (χ4v) is 3.79. The van der Waals surface area contributed by atoms with Crippen molar-refractivity contribution in [3.8, 4) is 0 Å². The third-order valence-corrected chi connectivity index (χ3v) is 5.02. The molecule has 4 rings (SSSR count). The molecule has 4 nitrogen and oxygen atoms in total. The molecule has 2 aromatic carbocycles. The van der Waals surface area contributed by atoms with Crippen molar-refractivity contribution in [2.45, 2.75) is 19.5 Å². The Labute approximate surface area is 156 Å². The Morgan fingerprint density at radius 2 is 1.93 bits per heavy atom. The first kappa shape index (κ1) is 17.7. The molecule has 0 bridgehead atoms. The second-order valence-corrected chi connectivity index (χ2v) is 6.79. The standard InChI is InChI=1S/C21H20F2N2O2/c1-27-8-7-24-12-15-5-6-25(13-14-3-2-4-19(24)20(14)15)21(26)16-9-17(22)11-18(23)10-16/h2-4,9-12H,5-8,13H2,1H3. The molecule has 1 aliphatic heterocycles. The predicted octanol–water partition coefficient (Wildman–Crippen LogP) is 3.76. The Morgan fingerprint density at radius 1 is 1.15 bits per heavy atom. The van der Waals surface area contributed by atoms with Gasteiger partial charge in [-0.2, -0.15) is 0 Å². The Hall–Kier alpha value is -2.73. The summed E-state index contributed by atoms with van der Waals surface area (Å²) in [6.45, 7) is 2.30. The summed E-state index contributed by atoms with van der Waals surface area (Å²) in [5, 5.41) is 1.16. The SMILES string of the molecule is COCCn1cc2c3c(cccc31)CN(C(=O)c1cc(F)cc(F)c1)CC2. The van der Waals surface area contributed by atoms with E-state index >= 15 is 0 Å². The van der Waals surface area contributed by atoms with E-state index in [1.54, 1.807) is 12.0 Å². The van der Waals surface area contributed by atoms with Gasteiger partial charge in [0.15, 0.2) is 0 Å². The lowest BCUT2D eigenvalue weighted by molar-refractivity contribution is 0.0746. The van der Waals surface area contributed by atoms with Crippen LogP contribution in [-0.4, -0.2) is 35.6 Å². The first-order valence-corrected chi connectivity index (χ1v) is 8.90. The molecule has 0 saturated carbocycles. The van der Waals surface area contributed by atoms with Gasteiger partial charge in [0.05, 0.1) is 6.61 Å². The van der Waals surface area contributed by atoms with E-state index in [1.807, 2.05) is 12.1 Å². The second-order valence-electron chi connectivity index (χ2n) is 6.79. The third kappa shape index (κ3) is 3.32. The molecule has 0 saturated heterocycles. The zero-order valence-electron chi connectivity index (χ0n) is 15.0. The maximum atomic E-state index is 13.5. The molecule has 3 aromatic rings. The molecule has 27 heavy (non-hydrogen) atoms. The van der Waals surface area contributed by atoms with Crippen LogP contribution in [0.5, 0.6) is 0 Å². The normalized spacial score (nSPS) is 13.8. The van der Waals surface area contributed by atoms with Gasteiger partial charge in [-0.05, 0) is 35.7 Å². The molecule has 1 aromatic heterocycles. The molecule has 0 aliphatic carbocycles. The van der Waals surface area contributed by atoms with E-state index in [0.29, 0.717) is 26.1 Å². The average molecular weight is 370 g/mol. The van der Waals surface area contributed by atoms with Gasteiger partial charge in [0.2, 0.25) is 0 Å². The van der Waals surface area contributed by atoms with E-state index in [0.717, 1.165) is 41.2 Å². The maximum Gasteiger partial charge on any atom is 0.254 e. The minimum Gasteiger partial charge on any atom is -0.383 e. The van der Waals surface area contributed by atoms with E-state index in [2.05, 4.69) is 16.8 Å². The highest BCUT2D eigenvalue weighted by atomic mass is 19.1. The highest BCUT2D eigenvalue weighted by Gasteiger charge is 2.23. The maximum absolute atomic E-state index is 13.5. The molecule has 0 fully saturated rings. The highest BCUT2D eigenvalue weighted by Crippen LogP contribution is 2.30. The minimum atomic E-state index is -0.744. The van der Waals surface area contributed by atoms with E-state index in [9.17, 15) is 13.6 Å². The fourth-order valence-electron chi connectivity index (χ4n) is 3.79. The number of carbonyl (C=O) groups is 1. The van der Waals surface area contributed by atoms with E-state index in [1.165, 1.54) is 5.56 Å². The van der Waals surface area contributed by atoms with Crippen LogP contribution in [0.1, 0.15) is 21.5 Å². The van der Waals surface area contributed by atoms with Crippen molar-refractivity contribution in [3.05, 3.63) is 70.9 Å².